The fourth-order valence-corrected chi connectivity index (χ4v) is 4.66. The Morgan fingerprint density at radius 2 is 2.03 bits per heavy atom. The average Bonchev–Trinajstić information content (AvgIpc) is 3.24. The van der Waals surface area contributed by atoms with E-state index < -0.39 is 5.91 Å². The van der Waals surface area contributed by atoms with E-state index in [1.54, 1.807) is 6.20 Å². The maximum Gasteiger partial charge on any atom is 0.273 e. The highest BCUT2D eigenvalue weighted by Gasteiger charge is 2.36. The van der Waals surface area contributed by atoms with Gasteiger partial charge in [0.1, 0.15) is 17.6 Å². The number of fused-ring (bicyclic) bond motifs is 1. The number of nitrogen functional groups attached to an aromatic ring is 1. The lowest BCUT2D eigenvalue weighted by Crippen LogP contribution is -2.34. The van der Waals surface area contributed by atoms with Gasteiger partial charge >= 0.3 is 0 Å². The summed E-state index contributed by atoms with van der Waals surface area (Å²) in [7, 11) is 0. The fourth-order valence-electron chi connectivity index (χ4n) is 4.66. The van der Waals surface area contributed by atoms with Crippen molar-refractivity contribution in [2.75, 3.05) is 25.4 Å². The van der Waals surface area contributed by atoms with Crippen LogP contribution in [0.4, 0.5) is 5.82 Å². The Balaban J connectivity index is 1.27. The number of carbonyl (C=O) groups excluding carboxylic acids is 2. The first-order chi connectivity index (χ1) is 17.5. The zero-order valence-corrected chi connectivity index (χ0v) is 19.8. The van der Waals surface area contributed by atoms with Gasteiger partial charge < -0.3 is 24.8 Å². The van der Waals surface area contributed by atoms with Crippen molar-refractivity contribution in [1.29, 1.82) is 0 Å². The van der Waals surface area contributed by atoms with Crippen LogP contribution in [0.1, 0.15) is 35.4 Å². The second-order valence-corrected chi connectivity index (χ2v) is 9.46. The van der Waals surface area contributed by atoms with E-state index in [0.29, 0.717) is 30.0 Å². The Hall–Kier alpha value is -4.28. The Kier molecular flexibility index (Phi) is 5.39. The van der Waals surface area contributed by atoms with Gasteiger partial charge in [-0.25, -0.2) is 19.9 Å². The zero-order chi connectivity index (χ0) is 24.8. The average molecular weight is 487 g/mol. The first-order valence-electron chi connectivity index (χ1n) is 12.1. The Morgan fingerprint density at radius 3 is 2.81 bits per heavy atom. The Morgan fingerprint density at radius 1 is 1.17 bits per heavy atom. The lowest BCUT2D eigenvalue weighted by Gasteiger charge is -2.16. The minimum absolute atomic E-state index is 0.0127. The molecule has 1 saturated heterocycles. The molecule has 0 bridgehead atoms. The molecule has 1 aliphatic carbocycles. The predicted octanol–water partition coefficient (Wildman–Crippen LogP) is 2.33. The lowest BCUT2D eigenvalue weighted by atomic mass is 10.1. The van der Waals surface area contributed by atoms with Crippen LogP contribution in [-0.2, 0) is 4.79 Å². The molecule has 2 fully saturated rings. The molecule has 0 radical (unpaired) electrons. The van der Waals surface area contributed by atoms with Crippen LogP contribution < -0.4 is 11.1 Å². The van der Waals surface area contributed by atoms with E-state index in [1.807, 2.05) is 34.6 Å². The monoisotopic (exact) mass is 486 g/mol. The molecule has 4 aromatic heterocycles. The van der Waals surface area contributed by atoms with Gasteiger partial charge in [0.25, 0.3) is 5.91 Å². The molecule has 1 atom stereocenters. The number of pyridine rings is 1. The molecule has 36 heavy (non-hydrogen) atoms. The van der Waals surface area contributed by atoms with Crippen molar-refractivity contribution in [3.8, 4) is 22.8 Å². The van der Waals surface area contributed by atoms with Gasteiger partial charge in [0.05, 0.1) is 6.20 Å². The number of likely N-dealkylation sites (tertiary alicyclic amines) is 1. The molecular formula is C25H26N8O3. The minimum atomic E-state index is -0.410. The molecule has 2 aliphatic rings. The van der Waals surface area contributed by atoms with Gasteiger partial charge in [-0.2, -0.15) is 0 Å². The third-order valence-electron chi connectivity index (χ3n) is 6.81. The van der Waals surface area contributed by atoms with Gasteiger partial charge in [-0.3, -0.25) is 9.59 Å². The number of nitrogens with two attached hydrogens (primary N) is 1. The van der Waals surface area contributed by atoms with Crippen molar-refractivity contribution in [3.05, 3.63) is 48.4 Å². The summed E-state index contributed by atoms with van der Waals surface area (Å²) in [5.41, 5.74) is 9.45. The molecule has 6 rings (SSSR count). The summed E-state index contributed by atoms with van der Waals surface area (Å²) in [6, 6.07) is 3.73. The molecule has 11 nitrogen and oxygen atoms in total. The number of imidazole rings is 1. The molecule has 2 amide bonds. The van der Waals surface area contributed by atoms with Crippen molar-refractivity contribution < 1.29 is 14.0 Å². The highest BCUT2D eigenvalue weighted by atomic mass is 16.3. The second kappa shape index (κ2) is 8.74. The maximum atomic E-state index is 13.1. The minimum Gasteiger partial charge on any atom is -0.443 e. The van der Waals surface area contributed by atoms with Crippen molar-refractivity contribution in [3.63, 3.8) is 0 Å². The first-order valence-corrected chi connectivity index (χ1v) is 12.1. The smallest absolute Gasteiger partial charge is 0.273 e. The zero-order valence-electron chi connectivity index (χ0n) is 19.8. The van der Waals surface area contributed by atoms with Gasteiger partial charge in [-0.15, -0.1) is 0 Å². The Labute approximate surface area is 206 Å². The molecule has 11 heteroatoms. The van der Waals surface area contributed by atoms with Gasteiger partial charge in [0, 0.05) is 49.2 Å². The van der Waals surface area contributed by atoms with Crippen molar-refractivity contribution in [2.45, 2.75) is 26.2 Å². The number of aryl methyl sites for hydroxylation is 1. The largest absolute Gasteiger partial charge is 0.443 e. The first kappa shape index (κ1) is 22.2. The predicted molar refractivity (Wildman–Crippen MR) is 131 cm³/mol. The summed E-state index contributed by atoms with van der Waals surface area (Å²) >= 11 is 0. The summed E-state index contributed by atoms with van der Waals surface area (Å²) in [5, 5.41) is 2.94. The van der Waals surface area contributed by atoms with Gasteiger partial charge in [0.15, 0.2) is 17.2 Å². The number of amides is 2. The van der Waals surface area contributed by atoms with Crippen LogP contribution >= 0.6 is 0 Å². The van der Waals surface area contributed by atoms with E-state index >= 15 is 0 Å². The highest BCUT2D eigenvalue weighted by Crippen LogP contribution is 2.33. The number of rotatable bonds is 6. The topological polar surface area (TPSA) is 145 Å². The number of nitrogens with one attached hydrogen (secondary N) is 1. The SMILES string of the molecule is Cc1cnc2ccc(-c3nc(C(=O)NCC4CCN(C(=O)C5CC5)C4)c(N)nc3-c3ncco3)cn12. The summed E-state index contributed by atoms with van der Waals surface area (Å²) in [6.07, 6.45) is 9.47. The molecule has 1 unspecified atom stereocenters. The van der Waals surface area contributed by atoms with Crippen LogP contribution in [0.15, 0.2) is 41.4 Å². The molecular weight excluding hydrogens is 460 g/mol. The standard InChI is InChI=1S/C25H26N8O3/c1-14-10-28-18-5-4-17(13-33(14)18)19-20(24-27-7-9-36-24)31-22(26)21(30-19)23(34)29-11-15-6-8-32(12-15)25(35)16-2-3-16/h4-5,7,9-10,13,15-16H,2-3,6,8,11-12H2,1H3,(H2,26,31)(H,29,34). The second-order valence-electron chi connectivity index (χ2n) is 9.46. The number of nitrogens with zero attached hydrogens (tertiary/aromatic N) is 6. The van der Waals surface area contributed by atoms with Crippen LogP contribution in [0.5, 0.6) is 0 Å². The van der Waals surface area contributed by atoms with Crippen molar-refractivity contribution in [1.82, 2.24) is 34.6 Å². The summed E-state index contributed by atoms with van der Waals surface area (Å²) in [5.74, 6) is 0.483. The lowest BCUT2D eigenvalue weighted by molar-refractivity contribution is -0.131. The van der Waals surface area contributed by atoms with E-state index in [9.17, 15) is 9.59 Å². The van der Waals surface area contributed by atoms with Gasteiger partial charge in [0.2, 0.25) is 11.8 Å². The number of carbonyl (C=O) groups is 2. The number of aromatic nitrogens is 5. The number of anilines is 1. The molecule has 0 aromatic carbocycles. The number of hydrogen-bond donors (Lipinski definition) is 2. The van der Waals surface area contributed by atoms with Crippen LogP contribution in [0, 0.1) is 18.8 Å². The van der Waals surface area contributed by atoms with E-state index in [-0.39, 0.29) is 35.1 Å². The number of hydrogen-bond acceptors (Lipinski definition) is 8. The molecule has 1 saturated carbocycles. The van der Waals surface area contributed by atoms with Gasteiger partial charge in [-0.05, 0) is 44.2 Å². The summed E-state index contributed by atoms with van der Waals surface area (Å²) in [6.45, 7) is 3.79. The normalized spacial score (nSPS) is 17.6. The van der Waals surface area contributed by atoms with Crippen LogP contribution in [0.3, 0.4) is 0 Å². The molecule has 5 heterocycles. The van der Waals surface area contributed by atoms with Crippen LogP contribution in [-0.4, -0.2) is 60.7 Å². The number of oxazole rings is 1. The molecule has 4 aromatic rings. The third-order valence-corrected chi connectivity index (χ3v) is 6.81. The van der Waals surface area contributed by atoms with Crippen LogP contribution in [0.2, 0.25) is 0 Å². The molecule has 3 N–H and O–H groups in total. The maximum absolute atomic E-state index is 13.1. The molecule has 1 aliphatic heterocycles. The van der Waals surface area contributed by atoms with Gasteiger partial charge in [-0.1, -0.05) is 0 Å². The van der Waals surface area contributed by atoms with Crippen molar-refractivity contribution in [2.24, 2.45) is 11.8 Å². The fraction of sp³-hybridized carbons (Fsp3) is 0.360. The molecule has 0 spiro atoms. The Bertz CT molecular complexity index is 1460. The summed E-state index contributed by atoms with van der Waals surface area (Å²) < 4.78 is 7.41. The van der Waals surface area contributed by atoms with E-state index in [4.69, 9.17) is 10.2 Å². The quantitative estimate of drug-likeness (QED) is 0.422. The molecule has 184 valence electrons. The van der Waals surface area contributed by atoms with Crippen LogP contribution in [0.25, 0.3) is 28.5 Å². The summed E-state index contributed by atoms with van der Waals surface area (Å²) in [4.78, 5) is 45.1. The van der Waals surface area contributed by atoms with E-state index in [2.05, 4.69) is 25.3 Å². The van der Waals surface area contributed by atoms with E-state index in [1.165, 1.54) is 12.5 Å². The van der Waals surface area contributed by atoms with E-state index in [0.717, 1.165) is 37.1 Å². The highest BCUT2D eigenvalue weighted by molar-refractivity contribution is 5.97. The van der Waals surface area contributed by atoms with Crippen molar-refractivity contribution >= 4 is 23.3 Å². The third kappa shape index (κ3) is 4.06.